The van der Waals surface area contributed by atoms with Crippen molar-refractivity contribution in [2.24, 2.45) is 7.05 Å². The maximum absolute atomic E-state index is 5.71. The molecule has 3 aromatic rings. The molecule has 2 aromatic heterocycles. The lowest BCUT2D eigenvalue weighted by molar-refractivity contribution is 0.342. The average molecular weight is 325 g/mol. The molecule has 1 N–H and O–H groups in total. The molecule has 0 saturated carbocycles. The predicted octanol–water partition coefficient (Wildman–Crippen LogP) is 3.94. The molecule has 0 fully saturated rings. The number of anilines is 2. The summed E-state index contributed by atoms with van der Waals surface area (Å²) in [4.78, 5) is 9.42. The highest BCUT2D eigenvalue weighted by Gasteiger charge is 2.17. The van der Waals surface area contributed by atoms with Crippen molar-refractivity contribution >= 4 is 22.5 Å². The van der Waals surface area contributed by atoms with Gasteiger partial charge in [-0.3, -0.25) is 4.68 Å². The summed E-state index contributed by atoms with van der Waals surface area (Å²) < 4.78 is 7.53. The second-order valence-corrected chi connectivity index (χ2v) is 6.05. The summed E-state index contributed by atoms with van der Waals surface area (Å²) in [7, 11) is 1.91. The lowest BCUT2D eigenvalue weighted by atomic mass is 10.2. The molecule has 3 rings (SSSR count). The molecule has 0 bridgehead atoms. The third kappa shape index (κ3) is 2.91. The highest BCUT2D eigenvalue weighted by atomic mass is 16.5. The molecular formula is C18H23N5O. The van der Waals surface area contributed by atoms with Crippen molar-refractivity contribution in [2.45, 2.75) is 33.6 Å². The van der Waals surface area contributed by atoms with Gasteiger partial charge in [-0.2, -0.15) is 5.10 Å². The summed E-state index contributed by atoms with van der Waals surface area (Å²) in [6.07, 6.45) is 0. The van der Waals surface area contributed by atoms with Gasteiger partial charge in [0.1, 0.15) is 22.6 Å². The van der Waals surface area contributed by atoms with Gasteiger partial charge in [0.05, 0.1) is 18.0 Å². The number of para-hydroxylation sites is 2. The lowest BCUT2D eigenvalue weighted by Gasteiger charge is -2.14. The van der Waals surface area contributed by atoms with Crippen molar-refractivity contribution in [2.75, 3.05) is 11.9 Å². The summed E-state index contributed by atoms with van der Waals surface area (Å²) in [5.41, 5.74) is 3.56. The molecule has 126 valence electrons. The van der Waals surface area contributed by atoms with Gasteiger partial charge in [0.2, 0.25) is 0 Å². The molecule has 0 spiro atoms. The van der Waals surface area contributed by atoms with E-state index in [1.807, 2.05) is 49.8 Å². The van der Waals surface area contributed by atoms with E-state index in [4.69, 9.17) is 14.7 Å². The minimum Gasteiger partial charge on any atom is -0.492 e. The fraction of sp³-hybridized carbons (Fsp3) is 0.389. The maximum atomic E-state index is 5.71. The summed E-state index contributed by atoms with van der Waals surface area (Å²) in [6.45, 7) is 8.73. The number of benzene rings is 1. The molecule has 0 atom stereocenters. The highest BCUT2D eigenvalue weighted by molar-refractivity contribution is 5.90. The number of hydrogen-bond acceptors (Lipinski definition) is 5. The molecular weight excluding hydrogens is 302 g/mol. The molecule has 1 aromatic carbocycles. The van der Waals surface area contributed by atoms with Crippen molar-refractivity contribution in [1.82, 2.24) is 19.7 Å². The van der Waals surface area contributed by atoms with Crippen molar-refractivity contribution in [3.05, 3.63) is 35.8 Å². The minimum absolute atomic E-state index is 0.233. The van der Waals surface area contributed by atoms with E-state index < -0.39 is 0 Å². The normalized spacial score (nSPS) is 11.2. The van der Waals surface area contributed by atoms with Gasteiger partial charge < -0.3 is 10.1 Å². The number of aromatic nitrogens is 4. The SMILES string of the molecule is CCOc1ccccc1Nc1nc(C(C)C)nc2c(C)nn(C)c12. The largest absolute Gasteiger partial charge is 0.492 e. The Balaban J connectivity index is 2.15. The van der Waals surface area contributed by atoms with Gasteiger partial charge in [0.15, 0.2) is 5.82 Å². The van der Waals surface area contributed by atoms with Crippen molar-refractivity contribution in [3.8, 4) is 5.75 Å². The first-order valence-electron chi connectivity index (χ1n) is 8.21. The van der Waals surface area contributed by atoms with E-state index >= 15 is 0 Å². The second-order valence-electron chi connectivity index (χ2n) is 6.05. The molecule has 6 nitrogen and oxygen atoms in total. The number of fused-ring (bicyclic) bond motifs is 1. The zero-order valence-electron chi connectivity index (χ0n) is 14.8. The van der Waals surface area contributed by atoms with Crippen LogP contribution in [0.15, 0.2) is 24.3 Å². The molecule has 24 heavy (non-hydrogen) atoms. The van der Waals surface area contributed by atoms with E-state index in [1.54, 1.807) is 0 Å². The maximum Gasteiger partial charge on any atom is 0.160 e. The average Bonchev–Trinajstić information content (AvgIpc) is 2.84. The van der Waals surface area contributed by atoms with Gasteiger partial charge in [0, 0.05) is 13.0 Å². The van der Waals surface area contributed by atoms with Gasteiger partial charge in [-0.25, -0.2) is 9.97 Å². The van der Waals surface area contributed by atoms with E-state index in [9.17, 15) is 0 Å². The number of nitrogens with one attached hydrogen (secondary N) is 1. The van der Waals surface area contributed by atoms with Gasteiger partial charge in [-0.05, 0) is 26.0 Å². The summed E-state index contributed by atoms with van der Waals surface area (Å²) in [5, 5.41) is 7.91. The quantitative estimate of drug-likeness (QED) is 0.770. The molecule has 0 radical (unpaired) electrons. The predicted molar refractivity (Wildman–Crippen MR) is 96.0 cm³/mol. The molecule has 0 aliphatic rings. The number of nitrogens with zero attached hydrogens (tertiary/aromatic N) is 4. The Morgan fingerprint density at radius 3 is 2.67 bits per heavy atom. The van der Waals surface area contributed by atoms with Crippen LogP contribution < -0.4 is 10.1 Å². The van der Waals surface area contributed by atoms with Crippen LogP contribution in [0.2, 0.25) is 0 Å². The molecule has 0 unspecified atom stereocenters. The highest BCUT2D eigenvalue weighted by Crippen LogP contribution is 2.31. The molecule has 0 aliphatic heterocycles. The van der Waals surface area contributed by atoms with Crippen LogP contribution in [0.3, 0.4) is 0 Å². The van der Waals surface area contributed by atoms with Crippen LogP contribution in [0, 0.1) is 6.92 Å². The number of rotatable bonds is 5. The number of aryl methyl sites for hydroxylation is 2. The monoisotopic (exact) mass is 325 g/mol. The van der Waals surface area contributed by atoms with E-state index in [1.165, 1.54) is 0 Å². The number of ether oxygens (including phenoxy) is 1. The standard InChI is InChI=1S/C18H23N5O/c1-6-24-14-10-8-7-9-13(14)19-18-16-15(12(4)22-23(16)5)20-17(21-18)11(2)3/h7-11H,6H2,1-5H3,(H,19,20,21). The van der Waals surface area contributed by atoms with Crippen LogP contribution >= 0.6 is 0 Å². The summed E-state index contributed by atoms with van der Waals surface area (Å²) in [6, 6.07) is 7.86. The van der Waals surface area contributed by atoms with Crippen LogP contribution in [0.25, 0.3) is 11.0 Å². The molecule has 0 aliphatic carbocycles. The Hall–Kier alpha value is -2.63. The lowest BCUT2D eigenvalue weighted by Crippen LogP contribution is -2.06. The molecule has 0 amide bonds. The van der Waals surface area contributed by atoms with Gasteiger partial charge >= 0.3 is 0 Å². The van der Waals surface area contributed by atoms with Crippen molar-refractivity contribution in [3.63, 3.8) is 0 Å². The van der Waals surface area contributed by atoms with Crippen LogP contribution in [0.5, 0.6) is 5.75 Å². The van der Waals surface area contributed by atoms with Crippen LogP contribution in [0.1, 0.15) is 38.2 Å². The zero-order valence-corrected chi connectivity index (χ0v) is 14.8. The zero-order chi connectivity index (χ0) is 17.3. The third-order valence-corrected chi connectivity index (χ3v) is 3.82. The Kier molecular flexibility index (Phi) is 4.38. The first-order chi connectivity index (χ1) is 11.5. The van der Waals surface area contributed by atoms with E-state index in [0.717, 1.165) is 39.8 Å². The topological polar surface area (TPSA) is 64.9 Å². The third-order valence-electron chi connectivity index (χ3n) is 3.82. The van der Waals surface area contributed by atoms with E-state index in [-0.39, 0.29) is 5.92 Å². The van der Waals surface area contributed by atoms with Gasteiger partial charge in [-0.15, -0.1) is 0 Å². The van der Waals surface area contributed by atoms with Crippen LogP contribution in [-0.2, 0) is 7.05 Å². The fourth-order valence-electron chi connectivity index (χ4n) is 2.68. The Morgan fingerprint density at radius 1 is 1.21 bits per heavy atom. The van der Waals surface area contributed by atoms with Crippen LogP contribution in [-0.4, -0.2) is 26.4 Å². The van der Waals surface area contributed by atoms with Crippen molar-refractivity contribution in [1.29, 1.82) is 0 Å². The summed E-state index contributed by atoms with van der Waals surface area (Å²) >= 11 is 0. The fourth-order valence-corrected chi connectivity index (χ4v) is 2.68. The van der Waals surface area contributed by atoms with E-state index in [0.29, 0.717) is 6.61 Å². The molecule has 6 heteroatoms. The summed E-state index contributed by atoms with van der Waals surface area (Å²) in [5.74, 6) is 2.59. The first-order valence-corrected chi connectivity index (χ1v) is 8.21. The first kappa shape index (κ1) is 16.2. The number of hydrogen-bond donors (Lipinski definition) is 1. The Bertz CT molecular complexity index is 869. The van der Waals surface area contributed by atoms with Gasteiger partial charge in [0.25, 0.3) is 0 Å². The minimum atomic E-state index is 0.233. The van der Waals surface area contributed by atoms with Crippen molar-refractivity contribution < 1.29 is 4.74 Å². The van der Waals surface area contributed by atoms with Gasteiger partial charge in [-0.1, -0.05) is 26.0 Å². The van der Waals surface area contributed by atoms with E-state index in [2.05, 4.69) is 24.3 Å². The van der Waals surface area contributed by atoms with Crippen LogP contribution in [0.4, 0.5) is 11.5 Å². The Labute approximate surface area is 141 Å². The smallest absolute Gasteiger partial charge is 0.160 e. The Morgan fingerprint density at radius 2 is 1.96 bits per heavy atom. The molecule has 2 heterocycles. The molecule has 0 saturated heterocycles. The second kappa shape index (κ2) is 6.47.